The predicted octanol–water partition coefficient (Wildman–Crippen LogP) is 15.6. The first-order valence-electron chi connectivity index (χ1n) is 22.1. The van der Waals surface area contributed by atoms with E-state index in [4.69, 9.17) is 4.98 Å². The molecular formula is C58H53IrN3SSi-2. The number of thiophene rings is 1. The molecule has 3 nitrogen and oxygen atoms in total. The van der Waals surface area contributed by atoms with Gasteiger partial charge in [0.05, 0.1) is 30.6 Å². The Morgan fingerprint density at radius 1 is 0.672 bits per heavy atom. The molecule has 6 heteroatoms. The molecule has 10 rings (SSSR count). The molecule has 7 aromatic carbocycles. The predicted molar refractivity (Wildman–Crippen MR) is 273 cm³/mol. The first-order valence-corrected chi connectivity index (χ1v) is 26.4. The van der Waals surface area contributed by atoms with Crippen molar-refractivity contribution in [3.63, 3.8) is 0 Å². The van der Waals surface area contributed by atoms with Crippen molar-refractivity contribution in [2.45, 2.75) is 59.7 Å². The van der Waals surface area contributed by atoms with Crippen molar-refractivity contribution in [2.75, 3.05) is 0 Å². The first kappa shape index (κ1) is 44.8. The largest absolute Gasteiger partial charge is 0.332 e. The van der Waals surface area contributed by atoms with Crippen LogP contribution in [0.4, 0.5) is 0 Å². The van der Waals surface area contributed by atoms with E-state index in [9.17, 15) is 0 Å². The second-order valence-electron chi connectivity index (χ2n) is 18.2. The molecule has 0 aliphatic heterocycles. The van der Waals surface area contributed by atoms with Gasteiger partial charge in [-0.2, -0.15) is 0 Å². The van der Waals surface area contributed by atoms with E-state index in [1.165, 1.54) is 48.3 Å². The van der Waals surface area contributed by atoms with E-state index in [0.717, 1.165) is 56.9 Å². The summed E-state index contributed by atoms with van der Waals surface area (Å²) in [5.74, 6) is 2.07. The molecule has 0 aliphatic carbocycles. The van der Waals surface area contributed by atoms with Crippen LogP contribution < -0.4 is 5.19 Å². The number of pyridine rings is 1. The van der Waals surface area contributed by atoms with E-state index >= 15 is 0 Å². The number of para-hydroxylation sites is 3. The molecule has 0 fully saturated rings. The van der Waals surface area contributed by atoms with E-state index in [1.807, 2.05) is 18.2 Å². The van der Waals surface area contributed by atoms with Crippen LogP contribution in [-0.2, 0) is 26.5 Å². The molecule has 0 saturated carbocycles. The number of fused-ring (bicyclic) bond motifs is 3. The van der Waals surface area contributed by atoms with Gasteiger partial charge in [-0.3, -0.25) is 16.3 Å². The standard InChI is InChI=1S/C40H29N2S.C18H24NSi.Ir/c1-26(2)29-20-21-30-23-34-35(25-43-38(34)24-31(30)22-29)40-41-36-18-9-10-19-37(36)42(40)39-32(27-12-5-3-6-13-27)16-11-17-33(39)28-14-7-4-8-15-28;1-14(2)11-16-12-17(15-9-7-6-8-10-15)19-13-18(16)20(3,4)5;/h3-24,26H,1-2H3;6-9,12-14H,11H2,1-5H3;/q2*-1;. The van der Waals surface area contributed by atoms with E-state index in [-0.39, 0.29) is 20.1 Å². The van der Waals surface area contributed by atoms with Gasteiger partial charge in [-0.15, -0.1) is 41.3 Å². The zero-order valence-electron chi connectivity index (χ0n) is 37.6. The van der Waals surface area contributed by atoms with Crippen molar-refractivity contribution in [3.05, 3.63) is 193 Å². The van der Waals surface area contributed by atoms with Crippen molar-refractivity contribution in [2.24, 2.45) is 5.92 Å². The van der Waals surface area contributed by atoms with Crippen LogP contribution in [0.5, 0.6) is 0 Å². The smallest absolute Gasteiger partial charge is 0.0798 e. The summed E-state index contributed by atoms with van der Waals surface area (Å²) in [5, 5.41) is 8.88. The second kappa shape index (κ2) is 19.2. The minimum absolute atomic E-state index is 0. The summed E-state index contributed by atoms with van der Waals surface area (Å²) in [6.07, 6.45) is 3.24. The number of hydrogen-bond acceptors (Lipinski definition) is 3. The maximum Gasteiger partial charge on any atom is 0.0798 e. The van der Waals surface area contributed by atoms with Crippen molar-refractivity contribution in [3.8, 4) is 50.6 Å². The Balaban J connectivity index is 0.000000225. The molecule has 64 heavy (non-hydrogen) atoms. The topological polar surface area (TPSA) is 30.7 Å². The molecule has 0 bridgehead atoms. The molecule has 0 aliphatic rings. The minimum atomic E-state index is -1.34. The zero-order chi connectivity index (χ0) is 43.7. The van der Waals surface area contributed by atoms with E-state index < -0.39 is 8.07 Å². The van der Waals surface area contributed by atoms with Gasteiger partial charge >= 0.3 is 0 Å². The Morgan fingerprint density at radius 3 is 1.98 bits per heavy atom. The Morgan fingerprint density at radius 2 is 1.34 bits per heavy atom. The number of aromatic nitrogens is 3. The third-order valence-electron chi connectivity index (χ3n) is 11.8. The molecule has 0 saturated heterocycles. The van der Waals surface area contributed by atoms with Gasteiger partial charge in [0.15, 0.2) is 0 Å². The summed E-state index contributed by atoms with van der Waals surface area (Å²) in [6, 6.07) is 61.5. The zero-order valence-corrected chi connectivity index (χ0v) is 41.8. The Labute approximate surface area is 397 Å². The van der Waals surface area contributed by atoms with Crippen LogP contribution in [0.1, 0.15) is 44.7 Å². The molecule has 3 aromatic heterocycles. The second-order valence-corrected chi connectivity index (χ2v) is 24.1. The number of imidazole rings is 1. The van der Waals surface area contributed by atoms with Crippen LogP contribution in [0.25, 0.3) is 82.5 Å². The molecule has 0 atom stereocenters. The molecule has 3 heterocycles. The van der Waals surface area contributed by atoms with Crippen molar-refractivity contribution >= 4 is 56.5 Å². The van der Waals surface area contributed by atoms with Gasteiger partial charge in [-0.25, -0.2) is 0 Å². The molecule has 0 spiro atoms. The number of nitrogens with zero attached hydrogens (tertiary/aromatic N) is 3. The molecule has 10 aromatic rings. The fraction of sp³-hybridized carbons (Fsp3) is 0.172. The maximum absolute atomic E-state index is 5.31. The third kappa shape index (κ3) is 9.25. The number of hydrogen-bond donors (Lipinski definition) is 0. The average molecular weight is 1040 g/mol. The fourth-order valence-electron chi connectivity index (χ4n) is 8.65. The van der Waals surface area contributed by atoms with Crippen molar-refractivity contribution in [1.82, 2.24) is 14.5 Å². The maximum atomic E-state index is 5.31. The number of rotatable bonds is 9. The summed E-state index contributed by atoms with van der Waals surface area (Å²) in [4.78, 5) is 9.99. The first-order chi connectivity index (χ1) is 30.5. The van der Waals surface area contributed by atoms with Gasteiger partial charge in [0.1, 0.15) is 0 Å². The van der Waals surface area contributed by atoms with Crippen LogP contribution in [0.15, 0.2) is 170 Å². The van der Waals surface area contributed by atoms with Crippen LogP contribution in [0, 0.1) is 17.4 Å². The van der Waals surface area contributed by atoms with Crippen molar-refractivity contribution < 1.29 is 20.1 Å². The van der Waals surface area contributed by atoms with E-state index in [1.54, 1.807) is 11.3 Å². The van der Waals surface area contributed by atoms with Gasteiger partial charge in [0, 0.05) is 37.4 Å². The summed E-state index contributed by atoms with van der Waals surface area (Å²) in [6.45, 7) is 16.2. The molecular weight excluding hydrogens is 991 g/mol. The molecule has 0 unspecified atom stereocenters. The van der Waals surface area contributed by atoms with Crippen LogP contribution in [-0.4, -0.2) is 22.6 Å². The molecule has 0 N–H and O–H groups in total. The molecule has 0 amide bonds. The van der Waals surface area contributed by atoms with Crippen LogP contribution in [0.2, 0.25) is 19.6 Å². The normalized spacial score (nSPS) is 11.6. The summed E-state index contributed by atoms with van der Waals surface area (Å²) >= 11 is 1.67. The Bertz CT molecular complexity index is 3120. The monoisotopic (exact) mass is 1040 g/mol. The third-order valence-corrected chi connectivity index (χ3v) is 14.7. The summed E-state index contributed by atoms with van der Waals surface area (Å²) in [7, 11) is -1.34. The van der Waals surface area contributed by atoms with Gasteiger partial charge in [0.2, 0.25) is 0 Å². The summed E-state index contributed by atoms with van der Waals surface area (Å²) < 4.78 is 3.59. The van der Waals surface area contributed by atoms with E-state index in [0.29, 0.717) is 11.8 Å². The molecule has 1 radical (unpaired) electrons. The number of benzene rings is 7. The van der Waals surface area contributed by atoms with Crippen LogP contribution >= 0.6 is 11.3 Å². The van der Waals surface area contributed by atoms with Gasteiger partial charge < -0.3 is 9.55 Å². The van der Waals surface area contributed by atoms with Gasteiger partial charge in [0.25, 0.3) is 0 Å². The quantitative estimate of drug-likeness (QED) is 0.107. The van der Waals surface area contributed by atoms with E-state index in [2.05, 4.69) is 220 Å². The van der Waals surface area contributed by atoms with Crippen molar-refractivity contribution in [1.29, 1.82) is 0 Å². The Kier molecular flexibility index (Phi) is 13.4. The van der Waals surface area contributed by atoms with Gasteiger partial charge in [-0.1, -0.05) is 196 Å². The van der Waals surface area contributed by atoms with Crippen LogP contribution in [0.3, 0.4) is 0 Å². The fourth-order valence-corrected chi connectivity index (χ4v) is 11.1. The minimum Gasteiger partial charge on any atom is -0.332 e. The SMILES string of the molecule is CC(C)Cc1cc(-c2[c-]cccc2)ncc1[Si](C)(C)C.CC(C)c1ccc2cc3c(-c4nc5ccccc5n4-c4c(-c5ccccc5)cccc4-c4ccccc4)[c-]sc3cc2c1.[Ir]. The summed E-state index contributed by atoms with van der Waals surface area (Å²) in [5.41, 5.74) is 13.8. The molecule has 321 valence electrons. The Hall–Kier alpha value is -5.75. The van der Waals surface area contributed by atoms with Gasteiger partial charge in [-0.05, 0) is 68.7 Å². The average Bonchev–Trinajstić information content (AvgIpc) is 3.89.